The zero-order valence-electron chi connectivity index (χ0n) is 12.1. The van der Waals surface area contributed by atoms with Crippen molar-refractivity contribution in [3.63, 3.8) is 0 Å². The number of pyridine rings is 1. The highest BCUT2D eigenvalue weighted by Crippen LogP contribution is 2.30. The SMILES string of the molecule is CNCCC(Oc1ccc(C(F)(F)F)cn1)c1ccccc1. The third-order valence-electron chi connectivity index (χ3n) is 3.15. The molecule has 0 bridgehead atoms. The first-order valence-electron chi connectivity index (χ1n) is 6.90. The summed E-state index contributed by atoms with van der Waals surface area (Å²) >= 11 is 0. The molecule has 3 nitrogen and oxygen atoms in total. The van der Waals surface area contributed by atoms with Crippen LogP contribution >= 0.6 is 0 Å². The van der Waals surface area contributed by atoms with E-state index in [2.05, 4.69) is 10.3 Å². The molecule has 1 atom stereocenters. The van der Waals surface area contributed by atoms with Gasteiger partial charge in [-0.2, -0.15) is 13.2 Å². The van der Waals surface area contributed by atoms with Gasteiger partial charge in [0.05, 0.1) is 5.56 Å². The van der Waals surface area contributed by atoms with Gasteiger partial charge in [0.2, 0.25) is 5.88 Å². The molecule has 0 aliphatic rings. The third kappa shape index (κ3) is 4.46. The molecule has 118 valence electrons. The summed E-state index contributed by atoms with van der Waals surface area (Å²) in [5.74, 6) is 0.179. The first-order valence-corrected chi connectivity index (χ1v) is 6.90. The normalized spacial score (nSPS) is 12.9. The van der Waals surface area contributed by atoms with E-state index in [0.717, 1.165) is 24.4 Å². The Morgan fingerprint density at radius 3 is 2.41 bits per heavy atom. The van der Waals surface area contributed by atoms with Crippen molar-refractivity contribution in [2.24, 2.45) is 0 Å². The maximum Gasteiger partial charge on any atom is 0.417 e. The van der Waals surface area contributed by atoms with Gasteiger partial charge in [-0.1, -0.05) is 30.3 Å². The van der Waals surface area contributed by atoms with Crippen molar-refractivity contribution in [3.05, 3.63) is 59.8 Å². The Hall–Kier alpha value is -2.08. The highest BCUT2D eigenvalue weighted by atomic mass is 19.4. The topological polar surface area (TPSA) is 34.1 Å². The number of hydrogen-bond acceptors (Lipinski definition) is 3. The van der Waals surface area contributed by atoms with Crippen molar-refractivity contribution >= 4 is 0 Å². The molecule has 1 aromatic carbocycles. The van der Waals surface area contributed by atoms with Gasteiger partial charge in [0.1, 0.15) is 6.10 Å². The Balaban J connectivity index is 2.13. The number of rotatable bonds is 6. The predicted molar refractivity (Wildman–Crippen MR) is 77.6 cm³/mol. The summed E-state index contributed by atoms with van der Waals surface area (Å²) in [7, 11) is 1.83. The molecule has 0 saturated carbocycles. The number of benzene rings is 1. The summed E-state index contributed by atoms with van der Waals surface area (Å²) < 4.78 is 43.3. The predicted octanol–water partition coefficient (Wildman–Crippen LogP) is 3.83. The Bertz CT molecular complexity index is 570. The van der Waals surface area contributed by atoms with E-state index in [1.165, 1.54) is 6.07 Å². The van der Waals surface area contributed by atoms with Crippen LogP contribution in [0.15, 0.2) is 48.7 Å². The number of nitrogens with zero attached hydrogens (tertiary/aromatic N) is 1. The van der Waals surface area contributed by atoms with Crippen LogP contribution in [0.25, 0.3) is 0 Å². The molecule has 0 fully saturated rings. The lowest BCUT2D eigenvalue weighted by atomic mass is 10.1. The van der Waals surface area contributed by atoms with E-state index >= 15 is 0 Å². The molecule has 0 aliphatic heterocycles. The second-order valence-corrected chi connectivity index (χ2v) is 4.79. The van der Waals surface area contributed by atoms with Gasteiger partial charge in [-0.3, -0.25) is 0 Å². The molecule has 1 heterocycles. The zero-order chi connectivity index (χ0) is 16.0. The van der Waals surface area contributed by atoms with Crippen LogP contribution < -0.4 is 10.1 Å². The van der Waals surface area contributed by atoms with Crippen LogP contribution in [0.3, 0.4) is 0 Å². The van der Waals surface area contributed by atoms with Gasteiger partial charge in [0, 0.05) is 18.7 Å². The van der Waals surface area contributed by atoms with Gasteiger partial charge in [-0.05, 0) is 25.2 Å². The van der Waals surface area contributed by atoms with Gasteiger partial charge >= 0.3 is 6.18 Å². The molecule has 0 amide bonds. The number of alkyl halides is 3. The average molecular weight is 310 g/mol. The molecule has 1 unspecified atom stereocenters. The monoisotopic (exact) mass is 310 g/mol. The summed E-state index contributed by atoms with van der Waals surface area (Å²) in [4.78, 5) is 3.76. The van der Waals surface area contributed by atoms with Crippen molar-refractivity contribution in [2.75, 3.05) is 13.6 Å². The molecule has 0 aliphatic carbocycles. The van der Waals surface area contributed by atoms with Gasteiger partial charge in [-0.25, -0.2) is 4.98 Å². The van der Waals surface area contributed by atoms with E-state index in [1.54, 1.807) is 0 Å². The number of aromatic nitrogens is 1. The molecule has 6 heteroatoms. The fourth-order valence-corrected chi connectivity index (χ4v) is 2.00. The molecule has 22 heavy (non-hydrogen) atoms. The summed E-state index contributed by atoms with van der Waals surface area (Å²) in [6.07, 6.45) is -3.19. The van der Waals surface area contributed by atoms with E-state index in [9.17, 15) is 13.2 Å². The van der Waals surface area contributed by atoms with Crippen molar-refractivity contribution in [3.8, 4) is 5.88 Å². The second kappa shape index (κ2) is 7.26. The Morgan fingerprint density at radius 2 is 1.86 bits per heavy atom. The fraction of sp³-hybridized carbons (Fsp3) is 0.312. The zero-order valence-corrected chi connectivity index (χ0v) is 12.1. The van der Waals surface area contributed by atoms with E-state index < -0.39 is 11.7 Å². The smallest absolute Gasteiger partial charge is 0.417 e. The molecule has 0 spiro atoms. The maximum absolute atomic E-state index is 12.5. The van der Waals surface area contributed by atoms with Crippen LogP contribution in [0.2, 0.25) is 0 Å². The number of nitrogens with one attached hydrogen (secondary N) is 1. The molecule has 0 saturated heterocycles. The summed E-state index contributed by atoms with van der Waals surface area (Å²) in [5.41, 5.74) is 0.172. The molecular formula is C16H17F3N2O. The minimum absolute atomic E-state index is 0.179. The van der Waals surface area contributed by atoms with E-state index in [1.807, 2.05) is 37.4 Å². The van der Waals surface area contributed by atoms with Crippen LogP contribution in [-0.2, 0) is 6.18 Å². The van der Waals surface area contributed by atoms with Crippen LogP contribution in [-0.4, -0.2) is 18.6 Å². The summed E-state index contributed by atoms with van der Waals surface area (Å²) in [6, 6.07) is 11.8. The maximum atomic E-state index is 12.5. The highest BCUT2D eigenvalue weighted by molar-refractivity contribution is 5.23. The largest absolute Gasteiger partial charge is 0.469 e. The quantitative estimate of drug-likeness (QED) is 0.880. The number of ether oxygens (including phenoxy) is 1. The highest BCUT2D eigenvalue weighted by Gasteiger charge is 2.30. The van der Waals surface area contributed by atoms with Crippen molar-refractivity contribution in [1.82, 2.24) is 10.3 Å². The Morgan fingerprint density at radius 1 is 1.14 bits per heavy atom. The first-order chi connectivity index (χ1) is 10.5. The summed E-state index contributed by atoms with van der Waals surface area (Å²) in [5, 5.41) is 3.03. The minimum atomic E-state index is -4.39. The van der Waals surface area contributed by atoms with Gasteiger partial charge in [0.15, 0.2) is 0 Å². The molecule has 1 aromatic heterocycles. The van der Waals surface area contributed by atoms with Gasteiger partial charge < -0.3 is 10.1 Å². The number of hydrogen-bond donors (Lipinski definition) is 1. The Labute approximate surface area is 127 Å². The second-order valence-electron chi connectivity index (χ2n) is 4.79. The van der Waals surface area contributed by atoms with Crippen LogP contribution in [0.1, 0.15) is 23.7 Å². The fourth-order valence-electron chi connectivity index (χ4n) is 2.00. The lowest BCUT2D eigenvalue weighted by Crippen LogP contribution is -2.16. The third-order valence-corrected chi connectivity index (χ3v) is 3.15. The van der Waals surface area contributed by atoms with Crippen LogP contribution in [0, 0.1) is 0 Å². The molecular weight excluding hydrogens is 293 g/mol. The average Bonchev–Trinajstić information content (AvgIpc) is 2.52. The van der Waals surface area contributed by atoms with Crippen molar-refractivity contribution < 1.29 is 17.9 Å². The first kappa shape index (κ1) is 16.3. The van der Waals surface area contributed by atoms with E-state index in [-0.39, 0.29) is 12.0 Å². The lowest BCUT2D eigenvalue weighted by Gasteiger charge is -2.19. The van der Waals surface area contributed by atoms with Gasteiger partial charge in [0.25, 0.3) is 0 Å². The molecule has 0 radical (unpaired) electrons. The minimum Gasteiger partial charge on any atom is -0.469 e. The van der Waals surface area contributed by atoms with E-state index in [0.29, 0.717) is 6.42 Å². The summed E-state index contributed by atoms with van der Waals surface area (Å²) in [6.45, 7) is 0.722. The van der Waals surface area contributed by atoms with Crippen LogP contribution in [0.4, 0.5) is 13.2 Å². The molecule has 2 rings (SSSR count). The van der Waals surface area contributed by atoms with Crippen molar-refractivity contribution in [2.45, 2.75) is 18.7 Å². The van der Waals surface area contributed by atoms with E-state index in [4.69, 9.17) is 4.74 Å². The van der Waals surface area contributed by atoms with Crippen LogP contribution in [0.5, 0.6) is 5.88 Å². The number of halogens is 3. The standard InChI is InChI=1S/C16H17F3N2O/c1-20-10-9-14(12-5-3-2-4-6-12)22-15-8-7-13(11-21-15)16(17,18)19/h2-8,11,14,20H,9-10H2,1H3. The Kier molecular flexibility index (Phi) is 5.38. The lowest BCUT2D eigenvalue weighted by molar-refractivity contribution is -0.137. The molecule has 2 aromatic rings. The van der Waals surface area contributed by atoms with Gasteiger partial charge in [-0.15, -0.1) is 0 Å². The van der Waals surface area contributed by atoms with Crippen molar-refractivity contribution in [1.29, 1.82) is 0 Å². The molecule has 1 N–H and O–H groups in total.